The lowest BCUT2D eigenvalue weighted by Crippen LogP contribution is -2.47. The van der Waals surface area contributed by atoms with E-state index in [1.807, 2.05) is 25.1 Å². The van der Waals surface area contributed by atoms with Crippen LogP contribution >= 0.6 is 0 Å². The topological polar surface area (TPSA) is 81.8 Å². The quantitative estimate of drug-likeness (QED) is 0.709. The number of aromatic nitrogens is 4. The summed E-state index contributed by atoms with van der Waals surface area (Å²) in [6, 6.07) is 10.1. The number of hydrogen-bond acceptors (Lipinski definition) is 7. The normalized spacial score (nSPS) is 14.6. The predicted octanol–water partition coefficient (Wildman–Crippen LogP) is 1.93. The molecule has 1 aromatic carbocycles. The summed E-state index contributed by atoms with van der Waals surface area (Å²) in [4.78, 5) is 13.0. The van der Waals surface area contributed by atoms with Crippen LogP contribution in [0.15, 0.2) is 36.7 Å². The molecule has 0 unspecified atom stereocenters. The average Bonchev–Trinajstić information content (AvgIpc) is 2.68. The van der Waals surface area contributed by atoms with Crippen molar-refractivity contribution < 1.29 is 0 Å². The van der Waals surface area contributed by atoms with E-state index in [4.69, 9.17) is 0 Å². The Kier molecular flexibility index (Phi) is 3.86. The molecule has 0 atom stereocenters. The van der Waals surface area contributed by atoms with Crippen LogP contribution in [0.4, 0.5) is 11.6 Å². The van der Waals surface area contributed by atoms with Crippen LogP contribution in [-0.4, -0.2) is 46.3 Å². The van der Waals surface area contributed by atoms with Crippen molar-refractivity contribution in [2.75, 3.05) is 36.0 Å². The molecule has 0 saturated carbocycles. The fourth-order valence-electron chi connectivity index (χ4n) is 3.19. The van der Waals surface area contributed by atoms with Crippen LogP contribution in [-0.2, 0) is 0 Å². The number of nitriles is 1. The van der Waals surface area contributed by atoms with Gasteiger partial charge in [0.2, 0.25) is 5.95 Å². The Morgan fingerprint density at radius 1 is 1.00 bits per heavy atom. The molecule has 1 aliphatic rings. The zero-order valence-electron chi connectivity index (χ0n) is 13.9. The summed E-state index contributed by atoms with van der Waals surface area (Å²) >= 11 is 0. The second kappa shape index (κ2) is 6.32. The van der Waals surface area contributed by atoms with Gasteiger partial charge in [0.05, 0.1) is 11.2 Å². The van der Waals surface area contributed by atoms with E-state index < -0.39 is 0 Å². The van der Waals surface area contributed by atoms with Gasteiger partial charge in [-0.3, -0.25) is 0 Å². The van der Waals surface area contributed by atoms with Crippen LogP contribution in [0.3, 0.4) is 0 Å². The number of benzene rings is 1. The number of hydrogen-bond donors (Lipinski definition) is 0. The molecular weight excluding hydrogens is 314 g/mol. The third-order valence-electron chi connectivity index (χ3n) is 4.43. The molecule has 1 aliphatic heterocycles. The summed E-state index contributed by atoms with van der Waals surface area (Å²) in [5, 5.41) is 18.8. The number of rotatable bonds is 2. The van der Waals surface area contributed by atoms with Gasteiger partial charge in [-0.1, -0.05) is 11.6 Å². The Labute approximate surface area is 145 Å². The van der Waals surface area contributed by atoms with Crippen molar-refractivity contribution in [1.29, 1.82) is 5.26 Å². The highest BCUT2D eigenvalue weighted by molar-refractivity contribution is 5.94. The summed E-state index contributed by atoms with van der Waals surface area (Å²) in [5.74, 6) is 0.746. The molecule has 0 amide bonds. The fraction of sp³-hybridized carbons (Fsp3) is 0.278. The molecule has 1 saturated heterocycles. The number of aryl methyl sites for hydroxylation is 1. The molecule has 0 spiro atoms. The molecule has 7 nitrogen and oxygen atoms in total. The number of fused-ring (bicyclic) bond motifs is 1. The number of piperazine rings is 1. The van der Waals surface area contributed by atoms with Gasteiger partial charge in [-0.15, -0.1) is 10.2 Å². The van der Waals surface area contributed by atoms with E-state index >= 15 is 0 Å². The number of nitrogens with zero attached hydrogens (tertiary/aromatic N) is 7. The van der Waals surface area contributed by atoms with Gasteiger partial charge in [0, 0.05) is 44.0 Å². The van der Waals surface area contributed by atoms with E-state index in [1.54, 1.807) is 12.4 Å². The predicted molar refractivity (Wildman–Crippen MR) is 95.4 cm³/mol. The smallest absolute Gasteiger partial charge is 0.225 e. The Hall–Kier alpha value is -3.27. The maximum Gasteiger partial charge on any atom is 0.225 e. The van der Waals surface area contributed by atoms with Gasteiger partial charge in [-0.25, -0.2) is 9.97 Å². The molecule has 25 heavy (non-hydrogen) atoms. The van der Waals surface area contributed by atoms with Crippen LogP contribution in [0.2, 0.25) is 0 Å². The molecule has 7 heteroatoms. The number of anilines is 2. The van der Waals surface area contributed by atoms with Crippen molar-refractivity contribution in [3.8, 4) is 6.07 Å². The summed E-state index contributed by atoms with van der Waals surface area (Å²) in [7, 11) is 0. The van der Waals surface area contributed by atoms with Gasteiger partial charge in [0.15, 0.2) is 5.69 Å². The third kappa shape index (κ3) is 2.83. The first kappa shape index (κ1) is 15.3. The SMILES string of the molecule is Cc1ccc2nnc(C#N)c(N3CCN(c4ncccn4)CC3)c2c1. The van der Waals surface area contributed by atoms with E-state index in [0.29, 0.717) is 5.69 Å². The van der Waals surface area contributed by atoms with Crippen LogP contribution in [0, 0.1) is 18.3 Å². The second-order valence-electron chi connectivity index (χ2n) is 6.05. The molecule has 124 valence electrons. The van der Waals surface area contributed by atoms with Crippen LogP contribution in [0.25, 0.3) is 10.9 Å². The van der Waals surface area contributed by atoms with Gasteiger partial charge >= 0.3 is 0 Å². The maximum atomic E-state index is 9.50. The van der Waals surface area contributed by atoms with Gasteiger partial charge in [-0.05, 0) is 25.1 Å². The first-order valence-corrected chi connectivity index (χ1v) is 8.20. The second-order valence-corrected chi connectivity index (χ2v) is 6.05. The Morgan fingerprint density at radius 2 is 1.72 bits per heavy atom. The Morgan fingerprint density at radius 3 is 2.44 bits per heavy atom. The summed E-state index contributed by atoms with van der Waals surface area (Å²) in [6.45, 7) is 5.19. The Bertz CT molecular complexity index is 941. The lowest BCUT2D eigenvalue weighted by molar-refractivity contribution is 0.639. The molecular formula is C18H17N7. The van der Waals surface area contributed by atoms with Crippen molar-refractivity contribution >= 4 is 22.5 Å². The van der Waals surface area contributed by atoms with E-state index in [-0.39, 0.29) is 0 Å². The van der Waals surface area contributed by atoms with E-state index in [1.165, 1.54) is 0 Å². The largest absolute Gasteiger partial charge is 0.365 e. The Balaban J connectivity index is 1.67. The van der Waals surface area contributed by atoms with Crippen molar-refractivity contribution in [2.24, 2.45) is 0 Å². The molecule has 2 aromatic heterocycles. The third-order valence-corrected chi connectivity index (χ3v) is 4.43. The molecule has 3 aromatic rings. The fourth-order valence-corrected chi connectivity index (χ4v) is 3.19. The lowest BCUT2D eigenvalue weighted by atomic mass is 10.1. The highest BCUT2D eigenvalue weighted by atomic mass is 15.3. The van der Waals surface area contributed by atoms with Crippen molar-refractivity contribution in [3.63, 3.8) is 0 Å². The molecule has 0 bridgehead atoms. The van der Waals surface area contributed by atoms with E-state index in [2.05, 4.69) is 42.1 Å². The van der Waals surface area contributed by atoms with Gasteiger partial charge in [0.1, 0.15) is 6.07 Å². The highest BCUT2D eigenvalue weighted by Crippen LogP contribution is 2.29. The molecule has 0 aliphatic carbocycles. The molecule has 4 rings (SSSR count). The van der Waals surface area contributed by atoms with Crippen LogP contribution in [0.1, 0.15) is 11.3 Å². The summed E-state index contributed by atoms with van der Waals surface area (Å²) < 4.78 is 0. The first-order valence-electron chi connectivity index (χ1n) is 8.20. The van der Waals surface area contributed by atoms with Crippen LogP contribution in [0.5, 0.6) is 0 Å². The minimum atomic E-state index is 0.377. The van der Waals surface area contributed by atoms with Gasteiger partial charge < -0.3 is 9.80 Å². The van der Waals surface area contributed by atoms with E-state index in [0.717, 1.165) is 54.3 Å². The average molecular weight is 331 g/mol. The highest BCUT2D eigenvalue weighted by Gasteiger charge is 2.23. The first-order chi connectivity index (χ1) is 12.3. The zero-order chi connectivity index (χ0) is 17.2. The van der Waals surface area contributed by atoms with Crippen molar-refractivity contribution in [3.05, 3.63) is 47.9 Å². The summed E-state index contributed by atoms with van der Waals surface area (Å²) in [6.07, 6.45) is 3.51. The minimum absolute atomic E-state index is 0.377. The maximum absolute atomic E-state index is 9.50. The molecule has 0 radical (unpaired) electrons. The summed E-state index contributed by atoms with van der Waals surface area (Å²) in [5.41, 5.74) is 3.21. The standard InChI is InChI=1S/C18H17N7/c1-13-3-4-15-14(11-13)17(16(12-19)23-22-15)24-7-9-25(10-8-24)18-20-5-2-6-21-18/h2-6,11H,7-10H2,1H3. The molecule has 3 heterocycles. The molecule has 1 fully saturated rings. The van der Waals surface area contributed by atoms with E-state index in [9.17, 15) is 5.26 Å². The van der Waals surface area contributed by atoms with Crippen molar-refractivity contribution in [2.45, 2.75) is 6.92 Å². The molecule has 0 N–H and O–H groups in total. The van der Waals surface area contributed by atoms with Gasteiger partial charge in [0.25, 0.3) is 0 Å². The van der Waals surface area contributed by atoms with Crippen molar-refractivity contribution in [1.82, 2.24) is 20.2 Å². The van der Waals surface area contributed by atoms with Gasteiger partial charge in [-0.2, -0.15) is 5.26 Å². The minimum Gasteiger partial charge on any atom is -0.365 e. The monoisotopic (exact) mass is 331 g/mol. The van der Waals surface area contributed by atoms with Crippen LogP contribution < -0.4 is 9.80 Å². The zero-order valence-corrected chi connectivity index (χ0v) is 13.9. The lowest BCUT2D eigenvalue weighted by Gasteiger charge is -2.36.